The highest BCUT2D eigenvalue weighted by Gasteiger charge is 2.27. The van der Waals surface area contributed by atoms with Crippen LogP contribution in [-0.2, 0) is 9.53 Å². The first-order chi connectivity index (χ1) is 11.2. The molecule has 1 aliphatic heterocycles. The van der Waals surface area contributed by atoms with E-state index in [1.165, 1.54) is 0 Å². The van der Waals surface area contributed by atoms with Crippen molar-refractivity contribution in [3.8, 4) is 5.75 Å². The Morgan fingerprint density at radius 3 is 2.33 bits per heavy atom. The molecule has 2 amide bonds. The van der Waals surface area contributed by atoms with Crippen molar-refractivity contribution in [1.82, 2.24) is 9.80 Å². The van der Waals surface area contributed by atoms with E-state index in [4.69, 9.17) is 21.1 Å². The maximum absolute atomic E-state index is 12.2. The predicted octanol–water partition coefficient (Wildman–Crippen LogP) is 2.80. The van der Waals surface area contributed by atoms with Gasteiger partial charge in [-0.2, -0.15) is 0 Å². The molecule has 0 radical (unpaired) electrons. The van der Waals surface area contributed by atoms with E-state index in [9.17, 15) is 9.59 Å². The predicted molar refractivity (Wildman–Crippen MR) is 91.3 cm³/mol. The lowest BCUT2D eigenvalue weighted by Gasteiger charge is -2.35. The second kappa shape index (κ2) is 7.75. The minimum atomic E-state index is -0.519. The van der Waals surface area contributed by atoms with Gasteiger partial charge in [-0.3, -0.25) is 4.79 Å². The molecule has 1 aliphatic rings. The fraction of sp³-hybridized carbons (Fsp3) is 0.529. The standard InChI is InChI=1S/C17H23ClN2O4/c1-17(2,3)24-16(22)20-9-7-19(8-10-20)15(21)12-23-14-6-4-5-13(18)11-14/h4-6,11H,7-10,12H2,1-3H3. The van der Waals surface area contributed by atoms with Gasteiger partial charge >= 0.3 is 6.09 Å². The van der Waals surface area contributed by atoms with E-state index in [0.717, 1.165) is 0 Å². The summed E-state index contributed by atoms with van der Waals surface area (Å²) in [5.74, 6) is 0.446. The first-order valence-corrected chi connectivity index (χ1v) is 8.26. The summed E-state index contributed by atoms with van der Waals surface area (Å²) in [4.78, 5) is 27.5. The second-order valence-electron chi connectivity index (χ2n) is 6.59. The molecule has 0 saturated carbocycles. The summed E-state index contributed by atoms with van der Waals surface area (Å²) in [6.07, 6.45) is -0.343. The molecule has 0 unspecified atom stereocenters. The van der Waals surface area contributed by atoms with Gasteiger partial charge in [0.15, 0.2) is 6.61 Å². The van der Waals surface area contributed by atoms with Crippen LogP contribution >= 0.6 is 11.6 Å². The molecule has 0 spiro atoms. The number of carbonyl (C=O) groups is 2. The van der Waals surface area contributed by atoms with Crippen molar-refractivity contribution in [3.05, 3.63) is 29.3 Å². The third kappa shape index (κ3) is 5.60. The molecule has 2 rings (SSSR count). The lowest BCUT2D eigenvalue weighted by Crippen LogP contribution is -2.52. The van der Waals surface area contributed by atoms with Crippen LogP contribution in [-0.4, -0.2) is 60.2 Å². The van der Waals surface area contributed by atoms with Crippen LogP contribution in [0.3, 0.4) is 0 Å². The van der Waals surface area contributed by atoms with Crippen LogP contribution in [0.4, 0.5) is 4.79 Å². The summed E-state index contributed by atoms with van der Waals surface area (Å²) in [5, 5.41) is 0.561. The van der Waals surface area contributed by atoms with E-state index < -0.39 is 5.60 Å². The Morgan fingerprint density at radius 1 is 1.12 bits per heavy atom. The summed E-state index contributed by atoms with van der Waals surface area (Å²) in [7, 11) is 0. The first-order valence-electron chi connectivity index (χ1n) is 7.89. The van der Waals surface area contributed by atoms with E-state index in [1.54, 1.807) is 34.1 Å². The molecule has 1 heterocycles. The second-order valence-corrected chi connectivity index (χ2v) is 7.03. The number of hydrogen-bond acceptors (Lipinski definition) is 4. The number of piperazine rings is 1. The number of carbonyl (C=O) groups excluding carboxylic acids is 2. The number of rotatable bonds is 3. The maximum Gasteiger partial charge on any atom is 0.410 e. The van der Waals surface area contributed by atoms with E-state index in [2.05, 4.69) is 0 Å². The fourth-order valence-electron chi connectivity index (χ4n) is 2.26. The quantitative estimate of drug-likeness (QED) is 0.837. The monoisotopic (exact) mass is 354 g/mol. The highest BCUT2D eigenvalue weighted by molar-refractivity contribution is 6.30. The van der Waals surface area contributed by atoms with Crippen LogP contribution in [0.5, 0.6) is 5.75 Å². The Labute approximate surface area is 147 Å². The topological polar surface area (TPSA) is 59.1 Å². The van der Waals surface area contributed by atoms with Crippen molar-refractivity contribution in [2.45, 2.75) is 26.4 Å². The van der Waals surface area contributed by atoms with Gasteiger partial charge in [0.2, 0.25) is 0 Å². The molecule has 0 N–H and O–H groups in total. The van der Waals surface area contributed by atoms with Gasteiger partial charge in [0.25, 0.3) is 5.91 Å². The van der Waals surface area contributed by atoms with Crippen LogP contribution < -0.4 is 4.74 Å². The fourth-order valence-corrected chi connectivity index (χ4v) is 2.44. The van der Waals surface area contributed by atoms with Crippen LogP contribution in [0, 0.1) is 0 Å². The molecular weight excluding hydrogens is 332 g/mol. The van der Waals surface area contributed by atoms with Crippen molar-refractivity contribution >= 4 is 23.6 Å². The Balaban J connectivity index is 1.77. The Morgan fingerprint density at radius 2 is 1.75 bits per heavy atom. The molecule has 0 aliphatic carbocycles. The molecule has 1 aromatic rings. The van der Waals surface area contributed by atoms with Crippen molar-refractivity contribution < 1.29 is 19.1 Å². The van der Waals surface area contributed by atoms with Crippen LogP contribution in [0.1, 0.15) is 20.8 Å². The van der Waals surface area contributed by atoms with E-state index in [1.807, 2.05) is 20.8 Å². The minimum Gasteiger partial charge on any atom is -0.484 e. The highest BCUT2D eigenvalue weighted by atomic mass is 35.5. The number of nitrogens with zero attached hydrogens (tertiary/aromatic N) is 2. The van der Waals surface area contributed by atoms with Gasteiger partial charge in [0.1, 0.15) is 11.4 Å². The average Bonchev–Trinajstić information content (AvgIpc) is 2.51. The van der Waals surface area contributed by atoms with Gasteiger partial charge < -0.3 is 19.3 Å². The molecule has 0 aromatic heterocycles. The minimum absolute atomic E-state index is 0.0488. The van der Waals surface area contributed by atoms with Crippen molar-refractivity contribution in [2.24, 2.45) is 0 Å². The third-order valence-electron chi connectivity index (χ3n) is 3.44. The van der Waals surface area contributed by atoms with Crippen molar-refractivity contribution in [2.75, 3.05) is 32.8 Å². The van der Waals surface area contributed by atoms with E-state index in [-0.39, 0.29) is 18.6 Å². The summed E-state index contributed by atoms with van der Waals surface area (Å²) in [6.45, 7) is 7.30. The van der Waals surface area contributed by atoms with Crippen LogP contribution in [0.2, 0.25) is 5.02 Å². The SMILES string of the molecule is CC(C)(C)OC(=O)N1CCN(C(=O)COc2cccc(Cl)c2)CC1. The Kier molecular flexibility index (Phi) is 5.94. The van der Waals surface area contributed by atoms with Gasteiger partial charge in [0.05, 0.1) is 0 Å². The smallest absolute Gasteiger partial charge is 0.410 e. The molecule has 6 nitrogen and oxygen atoms in total. The number of ether oxygens (including phenoxy) is 2. The average molecular weight is 355 g/mol. The molecule has 1 fully saturated rings. The Bertz CT molecular complexity index is 592. The maximum atomic E-state index is 12.2. The van der Waals surface area contributed by atoms with Gasteiger partial charge in [-0.1, -0.05) is 17.7 Å². The summed E-state index contributed by atoms with van der Waals surface area (Å²) < 4.78 is 10.8. The largest absolute Gasteiger partial charge is 0.484 e. The van der Waals surface area contributed by atoms with Gasteiger partial charge in [-0.05, 0) is 39.0 Å². The van der Waals surface area contributed by atoms with Crippen molar-refractivity contribution in [1.29, 1.82) is 0 Å². The third-order valence-corrected chi connectivity index (χ3v) is 3.68. The molecule has 0 bridgehead atoms. The van der Waals surface area contributed by atoms with Crippen LogP contribution in [0.25, 0.3) is 0 Å². The molecular formula is C17H23ClN2O4. The number of benzene rings is 1. The molecule has 1 aromatic carbocycles. The van der Waals surface area contributed by atoms with Gasteiger partial charge in [-0.25, -0.2) is 4.79 Å². The molecule has 0 atom stereocenters. The number of amides is 2. The highest BCUT2D eigenvalue weighted by Crippen LogP contribution is 2.17. The van der Waals surface area contributed by atoms with E-state index >= 15 is 0 Å². The normalized spacial score (nSPS) is 15.2. The first kappa shape index (κ1) is 18.4. The van der Waals surface area contributed by atoms with Gasteiger partial charge in [-0.15, -0.1) is 0 Å². The number of halogens is 1. The number of hydrogen-bond donors (Lipinski definition) is 0. The molecule has 7 heteroatoms. The Hall–Kier alpha value is -1.95. The molecule has 1 saturated heterocycles. The summed E-state index contributed by atoms with van der Waals surface area (Å²) in [5.41, 5.74) is -0.519. The summed E-state index contributed by atoms with van der Waals surface area (Å²) in [6, 6.07) is 6.92. The lowest BCUT2D eigenvalue weighted by molar-refractivity contribution is -0.135. The summed E-state index contributed by atoms with van der Waals surface area (Å²) >= 11 is 5.88. The molecule has 24 heavy (non-hydrogen) atoms. The van der Waals surface area contributed by atoms with Crippen LogP contribution in [0.15, 0.2) is 24.3 Å². The van der Waals surface area contributed by atoms with E-state index in [0.29, 0.717) is 37.0 Å². The van der Waals surface area contributed by atoms with Crippen molar-refractivity contribution in [3.63, 3.8) is 0 Å². The van der Waals surface area contributed by atoms with Gasteiger partial charge in [0, 0.05) is 31.2 Å². The lowest BCUT2D eigenvalue weighted by atomic mass is 10.2. The zero-order chi connectivity index (χ0) is 17.7. The zero-order valence-electron chi connectivity index (χ0n) is 14.3. The zero-order valence-corrected chi connectivity index (χ0v) is 15.0. The molecule has 132 valence electrons.